The van der Waals surface area contributed by atoms with Crippen LogP contribution in [0.25, 0.3) is 10.8 Å². The van der Waals surface area contributed by atoms with Crippen LogP contribution in [0.4, 0.5) is 0 Å². The van der Waals surface area contributed by atoms with Gasteiger partial charge < -0.3 is 0 Å². The Bertz CT molecular complexity index is 689. The molecule has 1 unspecified atom stereocenters. The molecule has 3 N–H and O–H groups in total. The first-order valence-corrected chi connectivity index (χ1v) is 6.71. The first-order valence-electron chi connectivity index (χ1n) is 6.71. The van der Waals surface area contributed by atoms with Gasteiger partial charge in [-0.2, -0.15) is 0 Å². The second-order valence-electron chi connectivity index (χ2n) is 4.84. The second kappa shape index (κ2) is 5.82. The van der Waals surface area contributed by atoms with Crippen LogP contribution in [0.15, 0.2) is 67.0 Å². The molecule has 1 aromatic heterocycles. The van der Waals surface area contributed by atoms with E-state index in [2.05, 4.69) is 52.9 Å². The Morgan fingerprint density at radius 1 is 0.950 bits per heavy atom. The molecule has 3 nitrogen and oxygen atoms in total. The van der Waals surface area contributed by atoms with Gasteiger partial charge in [0.05, 0.1) is 6.04 Å². The summed E-state index contributed by atoms with van der Waals surface area (Å²) < 4.78 is 0. The molecular weight excluding hydrogens is 246 g/mol. The standard InChI is InChI=1S/C17H17N3/c18-20-17(14-8-10-19-11-9-14)12-15-6-3-5-13-4-1-2-7-16(13)15/h1-11,17,20H,12,18H2. The lowest BCUT2D eigenvalue weighted by Gasteiger charge is -2.17. The molecule has 0 aliphatic heterocycles. The van der Waals surface area contributed by atoms with Crippen molar-refractivity contribution < 1.29 is 0 Å². The van der Waals surface area contributed by atoms with E-state index in [-0.39, 0.29) is 6.04 Å². The zero-order valence-electron chi connectivity index (χ0n) is 11.2. The summed E-state index contributed by atoms with van der Waals surface area (Å²) in [7, 11) is 0. The van der Waals surface area contributed by atoms with Crippen LogP contribution in [0.2, 0.25) is 0 Å². The Balaban J connectivity index is 1.96. The average Bonchev–Trinajstić information content (AvgIpc) is 2.53. The first kappa shape index (κ1) is 12.8. The normalized spacial score (nSPS) is 12.4. The maximum Gasteiger partial charge on any atom is 0.0501 e. The van der Waals surface area contributed by atoms with Gasteiger partial charge in [-0.3, -0.25) is 16.3 Å². The number of aromatic nitrogens is 1. The molecule has 0 aliphatic carbocycles. The van der Waals surface area contributed by atoms with Crippen molar-refractivity contribution in [3.8, 4) is 0 Å². The van der Waals surface area contributed by atoms with Gasteiger partial charge in [-0.05, 0) is 40.5 Å². The molecule has 2 aromatic carbocycles. The van der Waals surface area contributed by atoms with Crippen LogP contribution in [0.1, 0.15) is 17.2 Å². The van der Waals surface area contributed by atoms with E-state index >= 15 is 0 Å². The molecule has 20 heavy (non-hydrogen) atoms. The van der Waals surface area contributed by atoms with Gasteiger partial charge in [0.1, 0.15) is 0 Å². The Labute approximate surface area is 118 Å². The van der Waals surface area contributed by atoms with Gasteiger partial charge in [-0.15, -0.1) is 0 Å². The van der Waals surface area contributed by atoms with Crippen molar-refractivity contribution in [1.82, 2.24) is 10.4 Å². The quantitative estimate of drug-likeness (QED) is 0.562. The van der Waals surface area contributed by atoms with Crippen LogP contribution in [0.3, 0.4) is 0 Å². The molecule has 0 aliphatic rings. The number of nitrogens with two attached hydrogens (primary N) is 1. The lowest BCUT2D eigenvalue weighted by atomic mass is 9.96. The van der Waals surface area contributed by atoms with Crippen molar-refractivity contribution in [1.29, 1.82) is 0 Å². The zero-order chi connectivity index (χ0) is 13.8. The molecule has 0 amide bonds. The third-order valence-electron chi connectivity index (χ3n) is 3.61. The van der Waals surface area contributed by atoms with E-state index in [0.29, 0.717) is 0 Å². The highest BCUT2D eigenvalue weighted by Gasteiger charge is 2.11. The number of hydrogen-bond acceptors (Lipinski definition) is 3. The fraction of sp³-hybridized carbons (Fsp3) is 0.118. The number of benzene rings is 2. The third kappa shape index (κ3) is 2.54. The fourth-order valence-corrected chi connectivity index (χ4v) is 2.56. The van der Waals surface area contributed by atoms with Gasteiger partial charge in [0.25, 0.3) is 0 Å². The summed E-state index contributed by atoms with van der Waals surface area (Å²) in [5.41, 5.74) is 5.35. The smallest absolute Gasteiger partial charge is 0.0501 e. The van der Waals surface area contributed by atoms with E-state index < -0.39 is 0 Å². The summed E-state index contributed by atoms with van der Waals surface area (Å²) >= 11 is 0. The minimum atomic E-state index is 0.0869. The lowest BCUT2D eigenvalue weighted by Crippen LogP contribution is -2.29. The topological polar surface area (TPSA) is 50.9 Å². The highest BCUT2D eigenvalue weighted by Crippen LogP contribution is 2.24. The van der Waals surface area contributed by atoms with Gasteiger partial charge in [0.15, 0.2) is 0 Å². The van der Waals surface area contributed by atoms with E-state index in [1.54, 1.807) is 12.4 Å². The largest absolute Gasteiger partial charge is 0.271 e. The molecule has 0 spiro atoms. The summed E-state index contributed by atoms with van der Waals surface area (Å²) in [6, 6.07) is 18.9. The van der Waals surface area contributed by atoms with Crippen LogP contribution in [-0.2, 0) is 6.42 Å². The Kier molecular flexibility index (Phi) is 3.72. The van der Waals surface area contributed by atoms with E-state index in [9.17, 15) is 0 Å². The molecular formula is C17H17N3. The number of fused-ring (bicyclic) bond motifs is 1. The molecule has 0 fully saturated rings. The maximum absolute atomic E-state index is 5.73. The van der Waals surface area contributed by atoms with E-state index in [0.717, 1.165) is 12.0 Å². The summed E-state index contributed by atoms with van der Waals surface area (Å²) in [4.78, 5) is 4.05. The van der Waals surface area contributed by atoms with Crippen LogP contribution >= 0.6 is 0 Å². The first-order chi connectivity index (χ1) is 9.88. The second-order valence-corrected chi connectivity index (χ2v) is 4.84. The highest BCUT2D eigenvalue weighted by molar-refractivity contribution is 5.85. The molecule has 3 rings (SSSR count). The lowest BCUT2D eigenvalue weighted by molar-refractivity contribution is 0.553. The monoisotopic (exact) mass is 263 g/mol. The number of pyridine rings is 1. The van der Waals surface area contributed by atoms with Gasteiger partial charge in [-0.25, -0.2) is 0 Å². The van der Waals surface area contributed by atoms with Gasteiger partial charge in [-0.1, -0.05) is 42.5 Å². The van der Waals surface area contributed by atoms with Crippen LogP contribution in [0, 0.1) is 0 Å². The van der Waals surface area contributed by atoms with E-state index in [1.807, 2.05) is 12.1 Å². The molecule has 0 saturated heterocycles. The summed E-state index contributed by atoms with van der Waals surface area (Å²) in [5, 5.41) is 2.54. The summed E-state index contributed by atoms with van der Waals surface area (Å²) in [6.07, 6.45) is 4.44. The molecule has 3 heteroatoms. The van der Waals surface area contributed by atoms with Crippen LogP contribution < -0.4 is 11.3 Å². The molecule has 0 saturated carbocycles. The fourth-order valence-electron chi connectivity index (χ4n) is 2.56. The maximum atomic E-state index is 5.73. The van der Waals surface area contributed by atoms with Crippen molar-refractivity contribution >= 4 is 10.8 Å². The minimum Gasteiger partial charge on any atom is -0.271 e. The molecule has 1 heterocycles. The van der Waals surface area contributed by atoms with Gasteiger partial charge >= 0.3 is 0 Å². The predicted octanol–water partition coefficient (Wildman–Crippen LogP) is 2.98. The summed E-state index contributed by atoms with van der Waals surface area (Å²) in [6.45, 7) is 0. The minimum absolute atomic E-state index is 0.0869. The van der Waals surface area contributed by atoms with Crippen LogP contribution in [-0.4, -0.2) is 4.98 Å². The van der Waals surface area contributed by atoms with Gasteiger partial charge in [0.2, 0.25) is 0 Å². The SMILES string of the molecule is NNC(Cc1cccc2ccccc12)c1ccncc1. The van der Waals surface area contributed by atoms with Crippen molar-refractivity contribution in [3.05, 3.63) is 78.1 Å². The average molecular weight is 263 g/mol. The van der Waals surface area contributed by atoms with Gasteiger partial charge in [0, 0.05) is 12.4 Å². The van der Waals surface area contributed by atoms with E-state index in [1.165, 1.54) is 16.3 Å². The number of hydrogen-bond donors (Lipinski definition) is 2. The number of nitrogens with zero attached hydrogens (tertiary/aromatic N) is 1. The number of hydrazine groups is 1. The molecule has 100 valence electrons. The van der Waals surface area contributed by atoms with Crippen molar-refractivity contribution in [2.75, 3.05) is 0 Å². The number of rotatable bonds is 4. The zero-order valence-corrected chi connectivity index (χ0v) is 11.2. The molecule has 0 bridgehead atoms. The molecule has 1 atom stereocenters. The van der Waals surface area contributed by atoms with Crippen molar-refractivity contribution in [3.63, 3.8) is 0 Å². The van der Waals surface area contributed by atoms with E-state index in [4.69, 9.17) is 5.84 Å². The summed E-state index contributed by atoms with van der Waals surface area (Å²) in [5.74, 6) is 5.73. The Morgan fingerprint density at radius 2 is 1.70 bits per heavy atom. The number of nitrogens with one attached hydrogen (secondary N) is 1. The molecule has 3 aromatic rings. The highest BCUT2D eigenvalue weighted by atomic mass is 15.2. The Hall–Kier alpha value is -2.23. The van der Waals surface area contributed by atoms with Crippen LogP contribution in [0.5, 0.6) is 0 Å². The van der Waals surface area contributed by atoms with Crippen molar-refractivity contribution in [2.24, 2.45) is 5.84 Å². The van der Waals surface area contributed by atoms with Crippen molar-refractivity contribution in [2.45, 2.75) is 12.5 Å². The third-order valence-corrected chi connectivity index (χ3v) is 3.61. The molecule has 0 radical (unpaired) electrons. The predicted molar refractivity (Wildman–Crippen MR) is 82.0 cm³/mol. The Morgan fingerprint density at radius 3 is 2.50 bits per heavy atom.